The van der Waals surface area contributed by atoms with Gasteiger partial charge in [-0.3, -0.25) is 14.5 Å². The van der Waals surface area contributed by atoms with Crippen LogP contribution in [0.25, 0.3) is 0 Å². The van der Waals surface area contributed by atoms with Gasteiger partial charge < -0.3 is 15.8 Å². The summed E-state index contributed by atoms with van der Waals surface area (Å²) < 4.78 is 66.0. The Morgan fingerprint density at radius 2 is 2.00 bits per heavy atom. The average Bonchev–Trinajstić information content (AvgIpc) is 3.61. The third-order valence-electron chi connectivity index (χ3n) is 5.33. The highest BCUT2D eigenvalue weighted by Crippen LogP contribution is 2.42. The highest BCUT2D eigenvalue weighted by atomic mass is 127. The lowest BCUT2D eigenvalue weighted by atomic mass is 10.1. The molecule has 35 heavy (non-hydrogen) atoms. The summed E-state index contributed by atoms with van der Waals surface area (Å²) in [6.45, 7) is 1.76. The van der Waals surface area contributed by atoms with Crippen molar-refractivity contribution in [2.75, 3.05) is 16.6 Å². The molecule has 3 aromatic rings. The second-order valence-electron chi connectivity index (χ2n) is 8.09. The summed E-state index contributed by atoms with van der Waals surface area (Å²) in [6, 6.07) is 7.99. The van der Waals surface area contributed by atoms with Crippen LogP contribution in [0.4, 0.5) is 25.8 Å². The number of hydrogen-bond donors (Lipinski definition) is 3. The van der Waals surface area contributed by atoms with Gasteiger partial charge in [-0.25, -0.2) is 17.2 Å². The van der Waals surface area contributed by atoms with Gasteiger partial charge in [0.25, 0.3) is 15.9 Å². The zero-order chi connectivity index (χ0) is 25.3. The van der Waals surface area contributed by atoms with Crippen molar-refractivity contribution in [1.29, 1.82) is 0 Å². The fourth-order valence-corrected chi connectivity index (χ4v) is 5.30. The lowest BCUT2D eigenvalue weighted by Gasteiger charge is -2.21. The smallest absolute Gasteiger partial charge is 0.268 e. The highest BCUT2D eigenvalue weighted by Gasteiger charge is 2.36. The minimum atomic E-state index is -4.75. The maximum atomic E-state index is 15.5. The van der Waals surface area contributed by atoms with E-state index in [1.165, 1.54) is 24.5 Å². The van der Waals surface area contributed by atoms with Gasteiger partial charge >= 0.3 is 0 Å². The third-order valence-corrected chi connectivity index (χ3v) is 7.41. The molecule has 1 aliphatic rings. The molecule has 1 amide bonds. The van der Waals surface area contributed by atoms with Crippen molar-refractivity contribution in [1.82, 2.24) is 4.98 Å². The van der Waals surface area contributed by atoms with Crippen LogP contribution in [0.1, 0.15) is 28.8 Å². The number of hydrogen-bond acceptors (Lipinski definition) is 6. The molecule has 184 valence electrons. The summed E-state index contributed by atoms with van der Waals surface area (Å²) in [7, 11) is -4.75. The summed E-state index contributed by atoms with van der Waals surface area (Å²) in [5.74, 6) is -5.01. The van der Waals surface area contributed by atoms with Crippen molar-refractivity contribution in [3.63, 3.8) is 0 Å². The van der Waals surface area contributed by atoms with Crippen molar-refractivity contribution in [3.05, 3.63) is 69.1 Å². The Morgan fingerprint density at radius 1 is 1.26 bits per heavy atom. The van der Waals surface area contributed by atoms with Crippen LogP contribution in [0.15, 0.2) is 47.6 Å². The van der Waals surface area contributed by atoms with E-state index in [9.17, 15) is 13.2 Å². The summed E-state index contributed by atoms with van der Waals surface area (Å²) in [6.07, 6.45) is 4.28. The van der Waals surface area contributed by atoms with Crippen LogP contribution in [0.5, 0.6) is 5.75 Å². The van der Waals surface area contributed by atoms with Crippen LogP contribution in [0.3, 0.4) is 0 Å². The van der Waals surface area contributed by atoms with E-state index in [1.54, 1.807) is 25.1 Å². The number of ether oxygens (including phenoxy) is 1. The maximum absolute atomic E-state index is 15.5. The number of carbonyl (C=O) groups is 1. The molecule has 1 fully saturated rings. The average molecular weight is 614 g/mol. The van der Waals surface area contributed by atoms with Crippen LogP contribution in [-0.2, 0) is 10.0 Å². The number of nitrogens with one attached hydrogen (secondary N) is 2. The number of nitrogens with zero attached hydrogens (tertiary/aromatic N) is 1. The summed E-state index contributed by atoms with van der Waals surface area (Å²) in [5.41, 5.74) is 5.43. The molecule has 0 atom stereocenters. The van der Waals surface area contributed by atoms with Gasteiger partial charge in [-0.2, -0.15) is 0 Å². The van der Waals surface area contributed by atoms with E-state index in [0.717, 1.165) is 16.4 Å². The fourth-order valence-electron chi connectivity index (χ4n) is 3.39. The minimum Gasteiger partial charge on any atom is -0.491 e. The normalized spacial score (nSPS) is 13.4. The quantitative estimate of drug-likeness (QED) is 0.300. The molecular formula is C23H21F2IN4O4S. The number of amides is 1. The molecule has 4 N–H and O–H groups in total. The third kappa shape index (κ3) is 5.48. The molecule has 0 spiro atoms. The lowest BCUT2D eigenvalue weighted by molar-refractivity contribution is 0.0995. The predicted molar refractivity (Wildman–Crippen MR) is 135 cm³/mol. The molecule has 1 saturated carbocycles. The number of pyridine rings is 1. The Bertz CT molecular complexity index is 1400. The van der Waals surface area contributed by atoms with Gasteiger partial charge in [-0.05, 0) is 84.2 Å². The fraction of sp³-hybridized carbons (Fsp3) is 0.217. The van der Waals surface area contributed by atoms with Gasteiger partial charge in [0.15, 0.2) is 22.3 Å². The van der Waals surface area contributed by atoms with Crippen molar-refractivity contribution >= 4 is 55.6 Å². The molecule has 1 aliphatic carbocycles. The van der Waals surface area contributed by atoms with Crippen LogP contribution in [0, 0.1) is 28.0 Å². The van der Waals surface area contributed by atoms with E-state index in [0.29, 0.717) is 11.3 Å². The largest absolute Gasteiger partial charge is 0.491 e. The number of carbonyl (C=O) groups excluding carboxylic acids is 1. The van der Waals surface area contributed by atoms with E-state index < -0.39 is 49.5 Å². The monoisotopic (exact) mass is 614 g/mol. The summed E-state index contributed by atoms with van der Waals surface area (Å²) in [4.78, 5) is 15.2. The Labute approximate surface area is 214 Å². The van der Waals surface area contributed by atoms with Gasteiger partial charge in [0, 0.05) is 15.5 Å². The van der Waals surface area contributed by atoms with Crippen molar-refractivity contribution < 1.29 is 26.7 Å². The van der Waals surface area contributed by atoms with Crippen LogP contribution in [-0.4, -0.2) is 25.9 Å². The molecule has 1 aromatic heterocycles. The molecule has 12 heteroatoms. The maximum Gasteiger partial charge on any atom is 0.268 e. The Hall–Kier alpha value is -3.00. The van der Waals surface area contributed by atoms with Crippen LogP contribution >= 0.6 is 22.6 Å². The van der Waals surface area contributed by atoms with E-state index >= 15 is 8.78 Å². The molecule has 2 aromatic carbocycles. The first kappa shape index (κ1) is 25.1. The van der Waals surface area contributed by atoms with E-state index in [1.807, 2.05) is 0 Å². The van der Waals surface area contributed by atoms with Gasteiger partial charge in [-0.15, -0.1) is 0 Å². The predicted octanol–water partition coefficient (Wildman–Crippen LogP) is 4.70. The van der Waals surface area contributed by atoms with Gasteiger partial charge in [0.2, 0.25) is 0 Å². The first-order valence-electron chi connectivity index (χ1n) is 10.5. The first-order chi connectivity index (χ1) is 16.6. The Kier molecular flexibility index (Phi) is 7.12. The van der Waals surface area contributed by atoms with Crippen molar-refractivity contribution in [3.8, 4) is 5.75 Å². The second-order valence-corrected chi connectivity index (χ2v) is 11.0. The Balaban J connectivity index is 1.91. The van der Waals surface area contributed by atoms with Crippen molar-refractivity contribution in [2.24, 2.45) is 11.7 Å². The molecular weight excluding hydrogens is 593 g/mol. The second kappa shape index (κ2) is 9.93. The molecule has 4 rings (SSSR count). The molecule has 0 aliphatic heterocycles. The summed E-state index contributed by atoms with van der Waals surface area (Å²) >= 11 is 2.10. The number of aromatic nitrogens is 1. The number of rotatable bonds is 9. The number of aryl methyl sites for hydroxylation is 1. The molecule has 1 heterocycles. The molecule has 0 radical (unpaired) electrons. The van der Waals surface area contributed by atoms with Gasteiger partial charge in [0.1, 0.15) is 5.56 Å². The van der Waals surface area contributed by atoms with Crippen LogP contribution < -0.4 is 20.5 Å². The molecule has 0 bridgehead atoms. The van der Waals surface area contributed by atoms with Crippen molar-refractivity contribution in [2.45, 2.75) is 24.7 Å². The number of benzene rings is 2. The Morgan fingerprint density at radius 3 is 2.60 bits per heavy atom. The topological polar surface area (TPSA) is 123 Å². The first-order valence-corrected chi connectivity index (χ1v) is 13.1. The zero-order valence-corrected chi connectivity index (χ0v) is 21.4. The van der Waals surface area contributed by atoms with E-state index in [2.05, 4.69) is 37.6 Å². The number of nitrogens with two attached hydrogens (primary N) is 1. The zero-order valence-electron chi connectivity index (χ0n) is 18.4. The van der Waals surface area contributed by atoms with Crippen LogP contribution in [0.2, 0.25) is 0 Å². The number of sulfonamides is 1. The van der Waals surface area contributed by atoms with E-state index in [-0.39, 0.29) is 18.2 Å². The highest BCUT2D eigenvalue weighted by molar-refractivity contribution is 14.1. The van der Waals surface area contributed by atoms with Gasteiger partial charge in [0.05, 0.1) is 24.2 Å². The standard InChI is InChI=1S/C23H21F2IN4O4S/c1-12-9-14(26)6-7-16(12)29-20-17(23(27)31)21(34-11-13-4-5-13)22(19(25)18(20)24)35(32,33)30-15-3-2-8-28-10-15/h2-3,6-10,13,29-30H,4-5,11H2,1H3,(H2,27,31). The number of anilines is 3. The molecule has 0 saturated heterocycles. The number of halogens is 3. The minimum absolute atomic E-state index is 0.0118. The lowest BCUT2D eigenvalue weighted by Crippen LogP contribution is -2.23. The molecule has 0 unspecified atom stereocenters. The SMILES string of the molecule is Cc1cc(I)ccc1Nc1c(F)c(F)c(S(=O)(=O)Nc2cccnc2)c(OCC2CC2)c1C(N)=O. The van der Waals surface area contributed by atoms with E-state index in [4.69, 9.17) is 10.5 Å². The summed E-state index contributed by atoms with van der Waals surface area (Å²) in [5, 5.41) is 2.71. The molecule has 8 nitrogen and oxygen atoms in total. The number of primary amides is 1. The van der Waals surface area contributed by atoms with Gasteiger partial charge in [-0.1, -0.05) is 0 Å².